The molecule has 0 unspecified atom stereocenters. The fourth-order valence-electron chi connectivity index (χ4n) is 8.17. The van der Waals surface area contributed by atoms with Crippen LogP contribution in [0.25, 0.3) is 0 Å². The number of ketones is 2. The normalized spacial score (nSPS) is 12.1. The van der Waals surface area contributed by atoms with Gasteiger partial charge in [0.1, 0.15) is 12.4 Å². The van der Waals surface area contributed by atoms with Gasteiger partial charge in [0.05, 0.1) is 12.1 Å². The highest BCUT2D eigenvalue weighted by Crippen LogP contribution is 2.18. The van der Waals surface area contributed by atoms with Crippen LogP contribution in [0.2, 0.25) is 5.15 Å². The van der Waals surface area contributed by atoms with Gasteiger partial charge in [0.15, 0.2) is 40.0 Å². The molecule has 1 aromatic heterocycles. The number of guanidine groups is 1. The van der Waals surface area contributed by atoms with Gasteiger partial charge in [0.25, 0.3) is 5.91 Å². The summed E-state index contributed by atoms with van der Waals surface area (Å²) >= 11 is 5.87. The average Bonchev–Trinajstić information content (AvgIpc) is 3.42. The third-order valence-electron chi connectivity index (χ3n) is 12.6. The summed E-state index contributed by atoms with van der Waals surface area (Å²) in [7, 11) is 0. The average molecular weight is 1080 g/mol. The van der Waals surface area contributed by atoms with Crippen molar-refractivity contribution in [1.29, 1.82) is 10.8 Å². The summed E-state index contributed by atoms with van der Waals surface area (Å²) in [6, 6.07) is 24.6. The van der Waals surface area contributed by atoms with E-state index in [0.717, 1.165) is 69.1 Å². The first kappa shape index (κ1) is 62.4. The second-order valence-electron chi connectivity index (χ2n) is 19.0. The van der Waals surface area contributed by atoms with Crippen molar-refractivity contribution in [2.24, 2.45) is 22.2 Å². The lowest BCUT2D eigenvalue weighted by Gasteiger charge is -2.23. The lowest BCUT2D eigenvalue weighted by Crippen LogP contribution is -2.42. The van der Waals surface area contributed by atoms with E-state index in [-0.39, 0.29) is 64.7 Å². The van der Waals surface area contributed by atoms with E-state index in [1.807, 2.05) is 60.7 Å². The summed E-state index contributed by atoms with van der Waals surface area (Å²) in [6.07, 6.45) is 10.6. The number of rotatable bonds is 38. The Labute approximate surface area is 457 Å². The van der Waals surface area contributed by atoms with Crippen molar-refractivity contribution in [2.45, 2.75) is 121 Å². The Morgan fingerprint density at radius 1 is 0.636 bits per heavy atom. The summed E-state index contributed by atoms with van der Waals surface area (Å²) in [5.41, 5.74) is 32.6. The Hall–Kier alpha value is -7.13. The molecule has 3 aromatic carbocycles. The zero-order valence-electron chi connectivity index (χ0n) is 44.2. The van der Waals surface area contributed by atoms with Crippen LogP contribution in [0.1, 0.15) is 140 Å². The number of carbonyl (C=O) groups is 5. The maximum Gasteiger partial charge on any atom is 0.280 e. The number of unbranched alkanes of at least 4 members (excludes halogenated alkanes) is 5. The van der Waals surface area contributed by atoms with Crippen LogP contribution in [-0.2, 0) is 16.0 Å². The molecule has 0 saturated heterocycles. The standard InChI is InChI=1S/C56H79ClN14O6/c57-50-52(63)69-51(62)49(68-50)55(76)70-56(64)67-30-14-13-17-39-26-28-44(29-27-39)77-36-35-71(33-15-31-65-53(74)45(60)24-11-3-9-22-42(58)37-47(72)40-18-5-1-6-19-40)34-16-32-66-54(75)46(61)25-12-4-10-23-43(59)38-48(73)41-20-7-2-8-21-41/h1-2,5-8,18-21,26-29,45-46,58-59H,3-4,9-17,22-25,30-38,60-61H2,(H,65,74)(H,66,75)(H4,62,63,69)(H3,64,67,70,76)/t45-,46-/m0/s1. The molecule has 15 N–H and O–H groups in total. The largest absolute Gasteiger partial charge is 0.492 e. The van der Waals surface area contributed by atoms with Crippen LogP contribution in [-0.4, -0.2) is 119 Å². The van der Waals surface area contributed by atoms with Crippen molar-refractivity contribution >= 4 is 69.9 Å². The van der Waals surface area contributed by atoms with Gasteiger partial charge in [-0.25, -0.2) is 9.97 Å². The van der Waals surface area contributed by atoms with Crippen molar-refractivity contribution in [3.8, 4) is 5.75 Å². The molecular formula is C56H79ClN14O6. The molecule has 3 amide bonds. The topological polar surface area (TPSA) is 350 Å². The third kappa shape index (κ3) is 25.1. The number of aryl methyl sites for hydroxylation is 1. The Bertz CT molecular complexity index is 2430. The molecule has 0 saturated carbocycles. The van der Waals surface area contributed by atoms with Crippen LogP contribution in [0.15, 0.2) is 89.9 Å². The van der Waals surface area contributed by atoms with Crippen LogP contribution >= 0.6 is 11.6 Å². The van der Waals surface area contributed by atoms with E-state index in [4.69, 9.17) is 55.8 Å². The summed E-state index contributed by atoms with van der Waals surface area (Å²) < 4.78 is 6.14. The molecule has 416 valence electrons. The summed E-state index contributed by atoms with van der Waals surface area (Å²) in [4.78, 5) is 77.1. The van der Waals surface area contributed by atoms with E-state index >= 15 is 0 Å². The van der Waals surface area contributed by atoms with Gasteiger partial charge < -0.3 is 54.9 Å². The quantitative estimate of drug-likeness (QED) is 0.0103. The van der Waals surface area contributed by atoms with Crippen molar-refractivity contribution in [2.75, 3.05) is 57.3 Å². The van der Waals surface area contributed by atoms with Gasteiger partial charge in [0, 0.05) is 61.6 Å². The van der Waals surface area contributed by atoms with Gasteiger partial charge in [-0.3, -0.25) is 39.2 Å². The van der Waals surface area contributed by atoms with Crippen LogP contribution in [0, 0.1) is 10.8 Å². The minimum Gasteiger partial charge on any atom is -0.492 e. The monoisotopic (exact) mass is 1080 g/mol. The van der Waals surface area contributed by atoms with Crippen molar-refractivity contribution in [3.63, 3.8) is 0 Å². The molecule has 1 heterocycles. The van der Waals surface area contributed by atoms with E-state index in [9.17, 15) is 24.0 Å². The Balaban J connectivity index is 1.15. The molecule has 0 aliphatic rings. The van der Waals surface area contributed by atoms with Crippen molar-refractivity contribution in [3.05, 3.63) is 112 Å². The molecule has 0 bridgehead atoms. The summed E-state index contributed by atoms with van der Waals surface area (Å²) in [6.45, 7) is 3.64. The number of nitrogen functional groups attached to an aromatic ring is 2. The molecule has 0 aliphatic heterocycles. The molecular weight excluding hydrogens is 1000 g/mol. The summed E-state index contributed by atoms with van der Waals surface area (Å²) in [5, 5.41) is 24.7. The number of hydrogen-bond acceptors (Lipinski definition) is 16. The van der Waals surface area contributed by atoms with E-state index in [0.29, 0.717) is 107 Å². The zero-order chi connectivity index (χ0) is 55.8. The SMILES string of the molecule is N=C(CCCCC[C@H](N)C(=O)NCCCN(CCCNC(=O)[C@@H](N)CCCCCC(=N)CC(=O)c1ccccc1)CCOc1ccc(CCCCN=C(N)NC(=O)c2nc(Cl)c(N)nc2N)cc1)CC(=O)c1ccccc1. The second kappa shape index (κ2) is 35.2. The lowest BCUT2D eigenvalue weighted by atomic mass is 10.0. The Morgan fingerprint density at radius 3 is 1.68 bits per heavy atom. The van der Waals surface area contributed by atoms with Crippen LogP contribution < -0.4 is 49.4 Å². The Kier molecular flexibility index (Phi) is 28.6. The van der Waals surface area contributed by atoms with Gasteiger partial charge in [-0.05, 0) is 101 Å². The molecule has 4 rings (SSSR count). The molecule has 0 fully saturated rings. The number of ether oxygens (including phenoxy) is 1. The molecule has 21 heteroatoms. The van der Waals surface area contributed by atoms with Crippen LogP contribution in [0.5, 0.6) is 5.75 Å². The van der Waals surface area contributed by atoms with E-state index in [2.05, 4.69) is 35.8 Å². The second-order valence-corrected chi connectivity index (χ2v) is 19.3. The number of aliphatic imine (C=N–C) groups is 1. The molecule has 77 heavy (non-hydrogen) atoms. The lowest BCUT2D eigenvalue weighted by molar-refractivity contribution is -0.123. The number of aromatic nitrogens is 2. The minimum atomic E-state index is -0.699. The van der Waals surface area contributed by atoms with Crippen LogP contribution in [0.3, 0.4) is 0 Å². The van der Waals surface area contributed by atoms with Gasteiger partial charge >= 0.3 is 0 Å². The number of nitrogens with one attached hydrogen (secondary N) is 5. The molecule has 2 atom stereocenters. The minimum absolute atomic E-state index is 0.0566. The van der Waals surface area contributed by atoms with E-state index < -0.39 is 18.0 Å². The maximum absolute atomic E-state index is 12.9. The number of halogens is 1. The highest BCUT2D eigenvalue weighted by molar-refractivity contribution is 6.31. The molecule has 20 nitrogen and oxygen atoms in total. The zero-order valence-corrected chi connectivity index (χ0v) is 45.0. The molecule has 4 aromatic rings. The van der Waals surface area contributed by atoms with Crippen molar-refractivity contribution in [1.82, 2.24) is 30.8 Å². The number of nitrogens with zero attached hydrogens (tertiary/aromatic N) is 4. The van der Waals surface area contributed by atoms with Crippen molar-refractivity contribution < 1.29 is 28.7 Å². The number of Topliss-reactive ketones (excluding diaryl/α,β-unsaturated/α-hetero) is 2. The van der Waals surface area contributed by atoms with Gasteiger partial charge in [-0.15, -0.1) is 0 Å². The van der Waals surface area contributed by atoms with E-state index in [1.165, 1.54) is 0 Å². The first-order valence-electron chi connectivity index (χ1n) is 26.6. The number of amides is 3. The predicted molar refractivity (Wildman–Crippen MR) is 305 cm³/mol. The molecule has 0 aliphatic carbocycles. The van der Waals surface area contributed by atoms with Gasteiger partial charge in [-0.1, -0.05) is 110 Å². The number of nitrogens with two attached hydrogens (primary N) is 5. The number of carbonyl (C=O) groups excluding carboxylic acids is 5. The fourth-order valence-corrected chi connectivity index (χ4v) is 8.30. The van der Waals surface area contributed by atoms with Gasteiger partial charge in [0.2, 0.25) is 11.8 Å². The molecule has 0 radical (unpaired) electrons. The molecule has 0 spiro atoms. The highest BCUT2D eigenvalue weighted by atomic mass is 35.5. The Morgan fingerprint density at radius 2 is 1.16 bits per heavy atom. The number of benzene rings is 3. The van der Waals surface area contributed by atoms with E-state index in [1.54, 1.807) is 24.3 Å². The first-order chi connectivity index (χ1) is 37.1. The first-order valence-corrected chi connectivity index (χ1v) is 27.0. The predicted octanol–water partition coefficient (Wildman–Crippen LogP) is 6.20. The maximum atomic E-state index is 12.9. The number of anilines is 2. The number of hydrogen-bond donors (Lipinski definition) is 10. The smallest absolute Gasteiger partial charge is 0.280 e. The third-order valence-corrected chi connectivity index (χ3v) is 12.9. The summed E-state index contributed by atoms with van der Waals surface area (Å²) in [5.74, 6) is -0.850. The van der Waals surface area contributed by atoms with Crippen LogP contribution in [0.4, 0.5) is 11.6 Å². The highest BCUT2D eigenvalue weighted by Gasteiger charge is 2.18. The van der Waals surface area contributed by atoms with Gasteiger partial charge in [-0.2, -0.15) is 0 Å². The fraction of sp³-hybridized carbons (Fsp3) is 0.464.